The van der Waals surface area contributed by atoms with Crippen molar-refractivity contribution in [2.45, 2.75) is 6.61 Å². The predicted octanol–water partition coefficient (Wildman–Crippen LogP) is 4.16. The van der Waals surface area contributed by atoms with E-state index >= 15 is 0 Å². The predicted molar refractivity (Wildman–Crippen MR) is 136 cm³/mol. The molecule has 0 atom stereocenters. The lowest BCUT2D eigenvalue weighted by atomic mass is 10.1. The van der Waals surface area contributed by atoms with Crippen LogP contribution in [0.25, 0.3) is 10.9 Å². The number of piperazine rings is 1. The Morgan fingerprint density at radius 2 is 1.68 bits per heavy atom. The summed E-state index contributed by atoms with van der Waals surface area (Å²) < 4.78 is 7.72. The number of benzene rings is 3. The number of rotatable bonds is 6. The molecule has 0 bridgehead atoms. The van der Waals surface area contributed by atoms with Crippen LogP contribution in [0.2, 0.25) is 0 Å². The van der Waals surface area contributed by atoms with Gasteiger partial charge in [0, 0.05) is 49.9 Å². The minimum atomic E-state index is -0.145. The summed E-state index contributed by atoms with van der Waals surface area (Å²) in [7, 11) is 4.08. The van der Waals surface area contributed by atoms with E-state index in [0.29, 0.717) is 12.2 Å². The van der Waals surface area contributed by atoms with Gasteiger partial charge in [-0.25, -0.2) is 0 Å². The summed E-state index contributed by atoms with van der Waals surface area (Å²) in [4.78, 5) is 17.6. The van der Waals surface area contributed by atoms with E-state index in [1.165, 1.54) is 0 Å². The molecule has 7 heteroatoms. The number of hydrogen-bond acceptors (Lipinski definition) is 5. The van der Waals surface area contributed by atoms with E-state index in [2.05, 4.69) is 22.2 Å². The third-order valence-electron chi connectivity index (χ3n) is 6.26. The lowest BCUT2D eigenvalue weighted by Crippen LogP contribution is -2.44. The molecule has 1 aliphatic heterocycles. The molecule has 34 heavy (non-hydrogen) atoms. The van der Waals surface area contributed by atoms with Crippen LogP contribution in [0.4, 0.5) is 11.5 Å². The fraction of sp³-hybridized carbons (Fsp3) is 0.259. The van der Waals surface area contributed by atoms with Gasteiger partial charge in [0.25, 0.3) is 5.91 Å². The number of nitrogens with one attached hydrogen (secondary N) is 1. The number of aryl methyl sites for hydroxylation is 1. The third-order valence-corrected chi connectivity index (χ3v) is 6.26. The summed E-state index contributed by atoms with van der Waals surface area (Å²) in [5.41, 5.74) is 3.47. The fourth-order valence-corrected chi connectivity index (χ4v) is 4.22. The van der Waals surface area contributed by atoms with Gasteiger partial charge in [-0.3, -0.25) is 9.48 Å². The van der Waals surface area contributed by atoms with E-state index in [-0.39, 0.29) is 5.91 Å². The molecule has 5 rings (SSSR count). The average Bonchev–Trinajstić information content (AvgIpc) is 3.20. The second-order valence-electron chi connectivity index (χ2n) is 8.72. The van der Waals surface area contributed by atoms with Crippen LogP contribution in [0.15, 0.2) is 72.8 Å². The summed E-state index contributed by atoms with van der Waals surface area (Å²) in [6.45, 7) is 4.37. The molecule has 174 valence electrons. The molecule has 3 aromatic carbocycles. The lowest BCUT2D eigenvalue weighted by Gasteiger charge is -2.32. The number of amides is 1. The van der Waals surface area contributed by atoms with Crippen LogP contribution in [-0.4, -0.2) is 53.8 Å². The molecule has 1 N–H and O–H groups in total. The monoisotopic (exact) mass is 455 g/mol. The molecule has 7 nitrogen and oxygen atoms in total. The molecule has 4 aromatic rings. The molecule has 1 aromatic heterocycles. The Kier molecular flexibility index (Phi) is 6.18. The Morgan fingerprint density at radius 3 is 2.41 bits per heavy atom. The van der Waals surface area contributed by atoms with E-state index in [1.54, 1.807) is 0 Å². The van der Waals surface area contributed by atoms with E-state index < -0.39 is 0 Å². The lowest BCUT2D eigenvalue weighted by molar-refractivity contribution is 0.102. The first kappa shape index (κ1) is 22.0. The van der Waals surface area contributed by atoms with Crippen molar-refractivity contribution in [1.82, 2.24) is 14.7 Å². The molecule has 0 saturated carbocycles. The molecule has 1 amide bonds. The highest BCUT2D eigenvalue weighted by molar-refractivity contribution is 6.07. The van der Waals surface area contributed by atoms with Gasteiger partial charge in [-0.2, -0.15) is 5.10 Å². The standard InChI is InChI=1S/C27H29N5O2/c1-30-14-16-32(17-15-30)26-24-18-21(8-13-25(24)31(2)29-26)27(33)28-22-9-11-23(12-10-22)34-19-20-6-4-3-5-7-20/h3-13,18H,14-17,19H2,1-2H3,(H,28,33). The van der Waals surface area contributed by atoms with E-state index in [9.17, 15) is 4.79 Å². The smallest absolute Gasteiger partial charge is 0.255 e. The molecular formula is C27H29N5O2. The summed E-state index contributed by atoms with van der Waals surface area (Å²) in [5.74, 6) is 1.56. The van der Waals surface area contributed by atoms with Crippen molar-refractivity contribution in [3.63, 3.8) is 0 Å². The molecule has 1 saturated heterocycles. The number of anilines is 2. The number of hydrogen-bond donors (Lipinski definition) is 1. The van der Waals surface area contributed by atoms with Crippen molar-refractivity contribution in [2.75, 3.05) is 43.4 Å². The van der Waals surface area contributed by atoms with Crippen molar-refractivity contribution in [1.29, 1.82) is 0 Å². The zero-order valence-corrected chi connectivity index (χ0v) is 19.6. The van der Waals surface area contributed by atoms with Gasteiger partial charge in [-0.05, 0) is 55.1 Å². The van der Waals surface area contributed by atoms with Gasteiger partial charge < -0.3 is 19.9 Å². The van der Waals surface area contributed by atoms with Gasteiger partial charge >= 0.3 is 0 Å². The maximum absolute atomic E-state index is 13.0. The Hall–Kier alpha value is -3.84. The first-order chi connectivity index (χ1) is 16.6. The van der Waals surface area contributed by atoms with Crippen molar-refractivity contribution in [2.24, 2.45) is 7.05 Å². The molecule has 0 aliphatic carbocycles. The fourth-order valence-electron chi connectivity index (χ4n) is 4.22. The second kappa shape index (κ2) is 9.57. The van der Waals surface area contributed by atoms with Crippen LogP contribution >= 0.6 is 0 Å². The number of carbonyl (C=O) groups excluding carboxylic acids is 1. The molecule has 0 radical (unpaired) electrons. The summed E-state index contributed by atoms with van der Waals surface area (Å²) in [6.07, 6.45) is 0. The van der Waals surface area contributed by atoms with Crippen molar-refractivity contribution >= 4 is 28.3 Å². The highest BCUT2D eigenvalue weighted by atomic mass is 16.5. The Morgan fingerprint density at radius 1 is 0.941 bits per heavy atom. The van der Waals surface area contributed by atoms with Crippen LogP contribution < -0.4 is 15.0 Å². The maximum Gasteiger partial charge on any atom is 0.255 e. The minimum absolute atomic E-state index is 0.145. The summed E-state index contributed by atoms with van der Waals surface area (Å²) in [5, 5.41) is 8.75. The maximum atomic E-state index is 13.0. The average molecular weight is 456 g/mol. The van der Waals surface area contributed by atoms with Gasteiger partial charge in [0.1, 0.15) is 12.4 Å². The zero-order chi connectivity index (χ0) is 23.5. The molecule has 1 fully saturated rings. The third kappa shape index (κ3) is 4.75. The topological polar surface area (TPSA) is 62.6 Å². The molecule has 0 unspecified atom stereocenters. The first-order valence-electron chi connectivity index (χ1n) is 11.6. The van der Waals surface area contributed by atoms with E-state index in [4.69, 9.17) is 9.84 Å². The highest BCUT2D eigenvalue weighted by Gasteiger charge is 2.21. The molecule has 0 spiro atoms. The van der Waals surface area contributed by atoms with Gasteiger partial charge in [-0.15, -0.1) is 0 Å². The summed E-state index contributed by atoms with van der Waals surface area (Å²) in [6, 6.07) is 23.3. The number of aromatic nitrogens is 2. The van der Waals surface area contributed by atoms with E-state index in [0.717, 1.165) is 59.9 Å². The zero-order valence-electron chi connectivity index (χ0n) is 19.6. The Balaban J connectivity index is 1.28. The Labute approximate surface area is 199 Å². The van der Waals surface area contributed by atoms with Crippen LogP contribution in [0.5, 0.6) is 5.75 Å². The van der Waals surface area contributed by atoms with Crippen LogP contribution in [0, 0.1) is 0 Å². The number of ether oxygens (including phenoxy) is 1. The summed E-state index contributed by atoms with van der Waals surface area (Å²) >= 11 is 0. The Bertz CT molecular complexity index is 1280. The highest BCUT2D eigenvalue weighted by Crippen LogP contribution is 2.28. The number of fused-ring (bicyclic) bond motifs is 1. The van der Waals surface area contributed by atoms with Crippen molar-refractivity contribution in [3.05, 3.63) is 83.9 Å². The molecule has 2 heterocycles. The van der Waals surface area contributed by atoms with Crippen molar-refractivity contribution < 1.29 is 9.53 Å². The van der Waals surface area contributed by atoms with Gasteiger partial charge in [0.15, 0.2) is 5.82 Å². The van der Waals surface area contributed by atoms with Gasteiger partial charge in [0.05, 0.1) is 5.52 Å². The van der Waals surface area contributed by atoms with Gasteiger partial charge in [0.2, 0.25) is 0 Å². The minimum Gasteiger partial charge on any atom is -0.489 e. The van der Waals surface area contributed by atoms with Crippen LogP contribution in [0.3, 0.4) is 0 Å². The second-order valence-corrected chi connectivity index (χ2v) is 8.72. The number of carbonyl (C=O) groups is 1. The van der Waals surface area contributed by atoms with E-state index in [1.807, 2.05) is 84.5 Å². The van der Waals surface area contributed by atoms with Crippen LogP contribution in [0.1, 0.15) is 15.9 Å². The van der Waals surface area contributed by atoms with Crippen molar-refractivity contribution in [3.8, 4) is 5.75 Å². The largest absolute Gasteiger partial charge is 0.489 e. The number of nitrogens with zero attached hydrogens (tertiary/aromatic N) is 4. The SMILES string of the molecule is CN1CCN(c2nn(C)c3ccc(C(=O)Nc4ccc(OCc5ccccc5)cc4)cc23)CC1. The van der Waals surface area contributed by atoms with Gasteiger partial charge in [-0.1, -0.05) is 30.3 Å². The molecular weight excluding hydrogens is 426 g/mol. The van der Waals surface area contributed by atoms with Crippen LogP contribution in [-0.2, 0) is 13.7 Å². The number of likely N-dealkylation sites (N-methyl/N-ethyl adjacent to an activating group) is 1. The molecule has 1 aliphatic rings. The normalized spacial score (nSPS) is 14.4. The quantitative estimate of drug-likeness (QED) is 0.473. The first-order valence-corrected chi connectivity index (χ1v) is 11.6.